The normalized spacial score (nSPS) is 19.6. The summed E-state index contributed by atoms with van der Waals surface area (Å²) in [6.07, 6.45) is 0. The van der Waals surface area contributed by atoms with Crippen molar-refractivity contribution < 1.29 is 18.8 Å². The van der Waals surface area contributed by atoms with Crippen LogP contribution >= 0.6 is 0 Å². The van der Waals surface area contributed by atoms with Crippen molar-refractivity contribution in [2.24, 2.45) is 0 Å². The second-order valence-corrected chi connectivity index (χ2v) is 6.40. The van der Waals surface area contributed by atoms with Crippen molar-refractivity contribution in [1.29, 1.82) is 0 Å². The molecule has 0 aromatic heterocycles. The van der Waals surface area contributed by atoms with Gasteiger partial charge in [-0.05, 0) is 53.1 Å². The summed E-state index contributed by atoms with van der Waals surface area (Å²) >= 11 is 0. The molecule has 1 aliphatic heterocycles. The number of benzene rings is 1. The first-order valence-corrected chi connectivity index (χ1v) is 7.31. The third kappa shape index (κ3) is 2.99. The summed E-state index contributed by atoms with van der Waals surface area (Å²) in [6.45, 7) is 12.1. The highest BCUT2D eigenvalue weighted by Crippen LogP contribution is 2.36. The lowest BCUT2D eigenvalue weighted by atomic mass is 9.75. The topological polar surface area (TPSA) is 44.8 Å². The van der Waals surface area contributed by atoms with Gasteiger partial charge in [-0.1, -0.05) is 17.7 Å². The predicted molar refractivity (Wildman–Crippen MR) is 82.9 cm³/mol. The van der Waals surface area contributed by atoms with Gasteiger partial charge in [-0.15, -0.1) is 0 Å². The average molecular weight is 290 g/mol. The Balaban J connectivity index is 2.40. The Hall–Kier alpha value is -1.33. The van der Waals surface area contributed by atoms with E-state index in [9.17, 15) is 4.79 Å². The lowest BCUT2D eigenvalue weighted by molar-refractivity contribution is 0.00578. The standard InChI is InChI=1S/C16H23BO4/c1-7-19-14(18)12-9-8-11(2)10-13(12)17-20-15(3,4)16(5,6)21-17/h8-10H,7H2,1-6H3. The van der Waals surface area contributed by atoms with Crippen LogP contribution in [0.25, 0.3) is 0 Å². The van der Waals surface area contributed by atoms with Crippen molar-refractivity contribution in [3.63, 3.8) is 0 Å². The molecule has 5 heteroatoms. The molecule has 1 fully saturated rings. The molecule has 0 unspecified atom stereocenters. The van der Waals surface area contributed by atoms with E-state index in [0.717, 1.165) is 11.0 Å². The Labute approximate surface area is 126 Å². The van der Waals surface area contributed by atoms with Gasteiger partial charge in [0.2, 0.25) is 0 Å². The maximum Gasteiger partial charge on any atom is 0.495 e. The van der Waals surface area contributed by atoms with Gasteiger partial charge in [0.25, 0.3) is 0 Å². The van der Waals surface area contributed by atoms with Gasteiger partial charge in [0, 0.05) is 0 Å². The zero-order valence-electron chi connectivity index (χ0n) is 13.6. The Bertz CT molecular complexity index is 535. The van der Waals surface area contributed by atoms with Crippen molar-refractivity contribution in [3.05, 3.63) is 29.3 Å². The van der Waals surface area contributed by atoms with E-state index in [1.54, 1.807) is 13.0 Å². The highest BCUT2D eigenvalue weighted by molar-refractivity contribution is 6.63. The van der Waals surface area contributed by atoms with Gasteiger partial charge in [0.05, 0.1) is 23.4 Å². The van der Waals surface area contributed by atoms with Crippen LogP contribution in [0, 0.1) is 6.92 Å². The second kappa shape index (κ2) is 5.46. The van der Waals surface area contributed by atoms with Crippen molar-refractivity contribution in [2.75, 3.05) is 6.61 Å². The Morgan fingerprint density at radius 2 is 1.76 bits per heavy atom. The molecule has 1 aliphatic rings. The monoisotopic (exact) mass is 290 g/mol. The number of rotatable bonds is 3. The third-order valence-electron chi connectivity index (χ3n) is 4.21. The zero-order valence-corrected chi connectivity index (χ0v) is 13.6. The van der Waals surface area contributed by atoms with E-state index in [2.05, 4.69) is 0 Å². The molecule has 21 heavy (non-hydrogen) atoms. The number of esters is 1. The molecule has 0 bridgehead atoms. The van der Waals surface area contributed by atoms with Crippen LogP contribution in [-0.4, -0.2) is 30.9 Å². The molecule has 2 rings (SSSR count). The molecule has 0 saturated carbocycles. The number of hydrogen-bond acceptors (Lipinski definition) is 4. The minimum absolute atomic E-state index is 0.343. The molecule has 0 amide bonds. The number of hydrogen-bond donors (Lipinski definition) is 0. The molecular weight excluding hydrogens is 267 g/mol. The van der Waals surface area contributed by atoms with Gasteiger partial charge in [-0.25, -0.2) is 4.79 Å². The van der Waals surface area contributed by atoms with Gasteiger partial charge in [-0.3, -0.25) is 0 Å². The highest BCUT2D eigenvalue weighted by Gasteiger charge is 2.52. The van der Waals surface area contributed by atoms with Crippen LogP contribution in [0.3, 0.4) is 0 Å². The maximum atomic E-state index is 12.1. The minimum Gasteiger partial charge on any atom is -0.462 e. The Morgan fingerprint density at radius 1 is 1.19 bits per heavy atom. The number of carbonyl (C=O) groups excluding carboxylic acids is 1. The SMILES string of the molecule is CCOC(=O)c1ccc(C)cc1B1OC(C)(C)C(C)(C)O1. The summed E-state index contributed by atoms with van der Waals surface area (Å²) in [5.41, 5.74) is 1.40. The first kappa shape index (κ1) is 16.1. The molecule has 0 aliphatic carbocycles. The fourth-order valence-electron chi connectivity index (χ4n) is 2.24. The van der Waals surface area contributed by atoms with Gasteiger partial charge < -0.3 is 14.0 Å². The molecule has 0 atom stereocenters. The Kier molecular flexibility index (Phi) is 4.18. The van der Waals surface area contributed by atoms with Crippen molar-refractivity contribution in [3.8, 4) is 0 Å². The second-order valence-electron chi connectivity index (χ2n) is 6.40. The van der Waals surface area contributed by atoms with Gasteiger partial charge >= 0.3 is 13.1 Å². The molecule has 0 N–H and O–H groups in total. The zero-order chi connectivity index (χ0) is 15.8. The molecule has 1 aromatic carbocycles. The summed E-state index contributed by atoms with van der Waals surface area (Å²) in [4.78, 5) is 12.1. The van der Waals surface area contributed by atoms with Crippen LogP contribution in [0.2, 0.25) is 0 Å². The van der Waals surface area contributed by atoms with E-state index in [0.29, 0.717) is 12.2 Å². The molecule has 0 radical (unpaired) electrons. The summed E-state index contributed by atoms with van der Waals surface area (Å²) in [6, 6.07) is 5.59. The van der Waals surface area contributed by atoms with E-state index >= 15 is 0 Å². The van der Waals surface area contributed by atoms with Crippen LogP contribution in [0.1, 0.15) is 50.5 Å². The van der Waals surface area contributed by atoms with E-state index in [4.69, 9.17) is 14.0 Å². The summed E-state index contributed by atoms with van der Waals surface area (Å²) in [5.74, 6) is -0.345. The number of aryl methyl sites for hydroxylation is 1. The van der Waals surface area contributed by atoms with Gasteiger partial charge in [-0.2, -0.15) is 0 Å². The van der Waals surface area contributed by atoms with E-state index in [1.807, 2.05) is 46.8 Å². The maximum absolute atomic E-state index is 12.1. The highest BCUT2D eigenvalue weighted by atomic mass is 16.7. The summed E-state index contributed by atoms with van der Waals surface area (Å²) in [5, 5.41) is 0. The third-order valence-corrected chi connectivity index (χ3v) is 4.21. The van der Waals surface area contributed by atoms with Gasteiger partial charge in [0.15, 0.2) is 0 Å². The first-order valence-electron chi connectivity index (χ1n) is 7.31. The lowest BCUT2D eigenvalue weighted by Gasteiger charge is -2.32. The van der Waals surface area contributed by atoms with E-state index < -0.39 is 18.3 Å². The van der Waals surface area contributed by atoms with E-state index in [1.165, 1.54) is 0 Å². The summed E-state index contributed by atoms with van der Waals surface area (Å²) < 4.78 is 17.2. The largest absolute Gasteiger partial charge is 0.495 e. The molecule has 4 nitrogen and oxygen atoms in total. The smallest absolute Gasteiger partial charge is 0.462 e. The van der Waals surface area contributed by atoms with Gasteiger partial charge in [0.1, 0.15) is 0 Å². The molecule has 1 heterocycles. The summed E-state index contributed by atoms with van der Waals surface area (Å²) in [7, 11) is -0.561. The van der Waals surface area contributed by atoms with Crippen LogP contribution in [0.15, 0.2) is 18.2 Å². The van der Waals surface area contributed by atoms with Crippen molar-refractivity contribution >= 4 is 18.6 Å². The van der Waals surface area contributed by atoms with Crippen LogP contribution in [0.5, 0.6) is 0 Å². The Morgan fingerprint density at radius 3 is 2.29 bits per heavy atom. The molecule has 1 saturated heterocycles. The molecule has 114 valence electrons. The lowest BCUT2D eigenvalue weighted by Crippen LogP contribution is -2.41. The van der Waals surface area contributed by atoms with Crippen LogP contribution < -0.4 is 5.46 Å². The molecule has 1 aromatic rings. The van der Waals surface area contributed by atoms with Crippen molar-refractivity contribution in [2.45, 2.75) is 52.7 Å². The average Bonchev–Trinajstić information content (AvgIpc) is 2.58. The first-order chi connectivity index (χ1) is 9.68. The number of carbonyl (C=O) groups is 1. The fourth-order valence-corrected chi connectivity index (χ4v) is 2.24. The molecule has 0 spiro atoms. The van der Waals surface area contributed by atoms with Crippen LogP contribution in [0.4, 0.5) is 0 Å². The predicted octanol–water partition coefficient (Wildman–Crippen LogP) is 2.47. The van der Waals surface area contributed by atoms with E-state index in [-0.39, 0.29) is 5.97 Å². The van der Waals surface area contributed by atoms with Crippen molar-refractivity contribution in [1.82, 2.24) is 0 Å². The minimum atomic E-state index is -0.561. The quantitative estimate of drug-likeness (QED) is 0.633. The number of ether oxygens (including phenoxy) is 1. The van der Waals surface area contributed by atoms with Crippen LogP contribution in [-0.2, 0) is 14.0 Å². The molecular formula is C16H23BO4. The fraction of sp³-hybridized carbons (Fsp3) is 0.562.